The Hall–Kier alpha value is -1.00. The lowest BCUT2D eigenvalue weighted by Gasteiger charge is -2.31. The summed E-state index contributed by atoms with van der Waals surface area (Å²) in [5.41, 5.74) is 1.32. The van der Waals surface area contributed by atoms with Gasteiger partial charge in [-0.05, 0) is 36.5 Å². The van der Waals surface area contributed by atoms with Crippen LogP contribution in [-0.4, -0.2) is 47.1 Å². The van der Waals surface area contributed by atoms with Crippen LogP contribution in [-0.2, 0) is 11.2 Å². The first kappa shape index (κ1) is 15.4. The zero-order chi connectivity index (χ0) is 14.2. The van der Waals surface area contributed by atoms with Gasteiger partial charge in [0.15, 0.2) is 0 Å². The molecule has 110 valence electrons. The van der Waals surface area contributed by atoms with Crippen molar-refractivity contribution in [3.05, 3.63) is 35.9 Å². The highest BCUT2D eigenvalue weighted by Gasteiger charge is 2.22. The van der Waals surface area contributed by atoms with E-state index in [1.165, 1.54) is 5.56 Å². The van der Waals surface area contributed by atoms with Gasteiger partial charge in [0.2, 0.25) is 5.91 Å². The van der Waals surface area contributed by atoms with E-state index < -0.39 is 0 Å². The third kappa shape index (κ3) is 4.84. The summed E-state index contributed by atoms with van der Waals surface area (Å²) < 4.78 is 0. The Kier molecular flexibility index (Phi) is 6.40. The van der Waals surface area contributed by atoms with Gasteiger partial charge in [-0.3, -0.25) is 4.79 Å². The summed E-state index contributed by atoms with van der Waals surface area (Å²) in [6.07, 6.45) is 3.07. The molecule has 1 aromatic rings. The van der Waals surface area contributed by atoms with E-state index in [1.807, 2.05) is 23.1 Å². The van der Waals surface area contributed by atoms with Crippen molar-refractivity contribution in [1.82, 2.24) is 4.90 Å². The third-order valence-corrected chi connectivity index (χ3v) is 4.68. The summed E-state index contributed by atoms with van der Waals surface area (Å²) in [5, 5.41) is 9.19. The number of thioether (sulfide) groups is 1. The number of aliphatic hydroxyl groups is 1. The number of aryl methyl sites for hydroxylation is 1. The smallest absolute Gasteiger partial charge is 0.232 e. The van der Waals surface area contributed by atoms with Gasteiger partial charge in [0.05, 0.1) is 5.75 Å². The van der Waals surface area contributed by atoms with E-state index in [0.29, 0.717) is 5.75 Å². The average molecular weight is 293 g/mol. The Balaban J connectivity index is 1.65. The van der Waals surface area contributed by atoms with Crippen LogP contribution in [0.4, 0.5) is 0 Å². The minimum absolute atomic E-state index is 0.199. The zero-order valence-electron chi connectivity index (χ0n) is 11.8. The number of hydrogen-bond acceptors (Lipinski definition) is 3. The molecule has 0 saturated carbocycles. The Morgan fingerprint density at radius 1 is 1.35 bits per heavy atom. The van der Waals surface area contributed by atoms with Crippen LogP contribution in [0.1, 0.15) is 18.4 Å². The third-order valence-electron chi connectivity index (χ3n) is 3.73. The first-order valence-electron chi connectivity index (χ1n) is 7.30. The number of benzene rings is 1. The second-order valence-corrected chi connectivity index (χ2v) is 6.42. The molecule has 1 amide bonds. The summed E-state index contributed by atoms with van der Waals surface area (Å²) in [5.74, 6) is 2.04. The van der Waals surface area contributed by atoms with Gasteiger partial charge < -0.3 is 10.0 Å². The van der Waals surface area contributed by atoms with Crippen LogP contribution in [0.3, 0.4) is 0 Å². The van der Waals surface area contributed by atoms with Gasteiger partial charge in [-0.15, -0.1) is 0 Å². The van der Waals surface area contributed by atoms with E-state index in [0.717, 1.165) is 38.1 Å². The van der Waals surface area contributed by atoms with Crippen molar-refractivity contribution >= 4 is 17.7 Å². The molecule has 3 nitrogen and oxygen atoms in total. The second kappa shape index (κ2) is 8.32. The molecule has 1 unspecified atom stereocenters. The zero-order valence-corrected chi connectivity index (χ0v) is 12.6. The molecule has 0 spiro atoms. The predicted octanol–water partition coefficient (Wildman–Crippen LogP) is 2.19. The maximum Gasteiger partial charge on any atom is 0.232 e. The molecular formula is C16H23NO2S. The molecule has 0 bridgehead atoms. The summed E-state index contributed by atoms with van der Waals surface area (Å²) in [6.45, 7) is 1.79. The fourth-order valence-corrected chi connectivity index (χ4v) is 3.41. The molecule has 20 heavy (non-hydrogen) atoms. The number of nitrogens with zero attached hydrogens (tertiary/aromatic N) is 1. The van der Waals surface area contributed by atoms with Crippen molar-refractivity contribution in [3.8, 4) is 0 Å². The van der Waals surface area contributed by atoms with E-state index in [-0.39, 0.29) is 18.4 Å². The number of carbonyl (C=O) groups excluding carboxylic acids is 1. The van der Waals surface area contributed by atoms with Gasteiger partial charge in [-0.1, -0.05) is 30.3 Å². The standard InChI is InChI=1S/C16H23NO2S/c18-12-15-7-4-9-17(11-15)16(19)13-20-10-8-14-5-2-1-3-6-14/h1-3,5-6,15,18H,4,7-13H2. The first-order valence-corrected chi connectivity index (χ1v) is 8.45. The van der Waals surface area contributed by atoms with Crippen LogP contribution in [0, 0.1) is 5.92 Å². The highest BCUT2D eigenvalue weighted by Crippen LogP contribution is 2.17. The summed E-state index contributed by atoms with van der Waals surface area (Å²) in [4.78, 5) is 14.0. The highest BCUT2D eigenvalue weighted by molar-refractivity contribution is 7.99. The second-order valence-electron chi connectivity index (χ2n) is 5.32. The number of aliphatic hydroxyl groups excluding tert-OH is 1. The van der Waals surface area contributed by atoms with E-state index in [4.69, 9.17) is 0 Å². The Bertz CT molecular complexity index is 410. The molecular weight excluding hydrogens is 270 g/mol. The van der Waals surface area contributed by atoms with Gasteiger partial charge in [0, 0.05) is 19.7 Å². The van der Waals surface area contributed by atoms with Crippen molar-refractivity contribution in [2.24, 2.45) is 5.92 Å². The van der Waals surface area contributed by atoms with Crippen LogP contribution in [0.25, 0.3) is 0 Å². The minimum Gasteiger partial charge on any atom is -0.396 e. The first-order chi connectivity index (χ1) is 9.79. The largest absolute Gasteiger partial charge is 0.396 e. The van der Waals surface area contributed by atoms with Gasteiger partial charge >= 0.3 is 0 Å². The van der Waals surface area contributed by atoms with Gasteiger partial charge in [0.1, 0.15) is 0 Å². The van der Waals surface area contributed by atoms with Crippen molar-refractivity contribution < 1.29 is 9.90 Å². The van der Waals surface area contributed by atoms with Crippen LogP contribution in [0.15, 0.2) is 30.3 Å². The predicted molar refractivity (Wildman–Crippen MR) is 83.9 cm³/mol. The summed E-state index contributed by atoms with van der Waals surface area (Å²) in [6, 6.07) is 10.4. The van der Waals surface area contributed by atoms with E-state index >= 15 is 0 Å². The fourth-order valence-electron chi connectivity index (χ4n) is 2.53. The molecule has 1 saturated heterocycles. The maximum absolute atomic E-state index is 12.1. The number of carbonyl (C=O) groups is 1. The molecule has 4 heteroatoms. The van der Waals surface area contributed by atoms with Gasteiger partial charge in [0.25, 0.3) is 0 Å². The number of rotatable bonds is 6. The lowest BCUT2D eigenvalue weighted by Crippen LogP contribution is -2.41. The molecule has 2 rings (SSSR count). The van der Waals surface area contributed by atoms with E-state index in [2.05, 4.69) is 12.1 Å². The fraction of sp³-hybridized carbons (Fsp3) is 0.562. The lowest BCUT2D eigenvalue weighted by atomic mass is 9.99. The molecule has 1 aliphatic heterocycles. The quantitative estimate of drug-likeness (QED) is 0.817. The molecule has 0 aliphatic carbocycles. The van der Waals surface area contributed by atoms with E-state index in [1.54, 1.807) is 11.8 Å². The van der Waals surface area contributed by atoms with Crippen LogP contribution < -0.4 is 0 Å². The Labute approximate surface area is 125 Å². The number of piperidine rings is 1. The molecule has 1 aromatic carbocycles. The normalized spacial score (nSPS) is 19.1. The van der Waals surface area contributed by atoms with Crippen LogP contribution in [0.2, 0.25) is 0 Å². The summed E-state index contributed by atoms with van der Waals surface area (Å²) >= 11 is 1.70. The molecule has 1 heterocycles. The average Bonchev–Trinajstić information content (AvgIpc) is 2.52. The van der Waals surface area contributed by atoms with E-state index in [9.17, 15) is 9.90 Å². The van der Waals surface area contributed by atoms with Crippen molar-refractivity contribution in [2.45, 2.75) is 19.3 Å². The molecule has 1 aliphatic rings. The van der Waals surface area contributed by atoms with Crippen molar-refractivity contribution in [1.29, 1.82) is 0 Å². The molecule has 0 radical (unpaired) electrons. The molecule has 1 atom stereocenters. The molecule has 1 N–H and O–H groups in total. The SMILES string of the molecule is O=C(CSCCc1ccccc1)N1CCCC(CO)C1. The van der Waals surface area contributed by atoms with Gasteiger partial charge in [-0.2, -0.15) is 11.8 Å². The van der Waals surface area contributed by atoms with Crippen LogP contribution >= 0.6 is 11.8 Å². The number of likely N-dealkylation sites (tertiary alicyclic amines) is 1. The number of amides is 1. The Morgan fingerprint density at radius 2 is 2.15 bits per heavy atom. The minimum atomic E-state index is 0.199. The monoisotopic (exact) mass is 293 g/mol. The topological polar surface area (TPSA) is 40.5 Å². The lowest BCUT2D eigenvalue weighted by molar-refractivity contribution is -0.130. The molecule has 0 aromatic heterocycles. The van der Waals surface area contributed by atoms with Crippen LogP contribution in [0.5, 0.6) is 0 Å². The number of hydrogen-bond donors (Lipinski definition) is 1. The maximum atomic E-state index is 12.1. The van der Waals surface area contributed by atoms with Crippen molar-refractivity contribution in [2.75, 3.05) is 31.2 Å². The van der Waals surface area contributed by atoms with Gasteiger partial charge in [-0.25, -0.2) is 0 Å². The Morgan fingerprint density at radius 3 is 2.90 bits per heavy atom. The highest BCUT2D eigenvalue weighted by atomic mass is 32.2. The van der Waals surface area contributed by atoms with Crippen molar-refractivity contribution in [3.63, 3.8) is 0 Å². The molecule has 1 fully saturated rings. The summed E-state index contributed by atoms with van der Waals surface area (Å²) in [7, 11) is 0.